The van der Waals surface area contributed by atoms with Crippen molar-refractivity contribution in [2.24, 2.45) is 0 Å². The number of aryl methyl sites for hydroxylation is 1. The van der Waals surface area contributed by atoms with Crippen molar-refractivity contribution >= 4 is 0 Å². The molecule has 4 N–H and O–H groups in total. The summed E-state index contributed by atoms with van der Waals surface area (Å²) in [6.07, 6.45) is -3.69. The van der Waals surface area contributed by atoms with Gasteiger partial charge < -0.3 is 29.9 Å². The molecular weight excluding hydrogens is 360 g/mol. The molecule has 2 aromatic rings. The van der Waals surface area contributed by atoms with Crippen LogP contribution in [-0.4, -0.2) is 51.4 Å². The quantitative estimate of drug-likeness (QED) is 0.626. The Bertz CT molecular complexity index is 833. The van der Waals surface area contributed by atoms with Gasteiger partial charge in [-0.05, 0) is 41.2 Å². The summed E-state index contributed by atoms with van der Waals surface area (Å²) >= 11 is 0. The first kappa shape index (κ1) is 19.5. The third-order valence-electron chi connectivity index (χ3n) is 5.78. The van der Waals surface area contributed by atoms with E-state index >= 15 is 0 Å². The van der Waals surface area contributed by atoms with E-state index in [4.69, 9.17) is 9.47 Å². The first-order valence-corrected chi connectivity index (χ1v) is 9.65. The molecule has 2 aromatic carbocycles. The standard InChI is InChI=1S/C22H26O6/c1-2-13-3-5-14(6-4-13)9-15-7-8-16-12-27-22(17(16)10-15)21(26)20(25)19(24)18(11-23)28-22/h3-8,10,18-21,23-26H,2,9,11-12H2,1H3/t18?,19?,20?,21?,22-/m1/s1. The van der Waals surface area contributed by atoms with E-state index in [2.05, 4.69) is 31.2 Å². The van der Waals surface area contributed by atoms with Crippen molar-refractivity contribution in [2.75, 3.05) is 6.61 Å². The van der Waals surface area contributed by atoms with Crippen LogP contribution in [0.4, 0.5) is 0 Å². The minimum Gasteiger partial charge on any atom is -0.394 e. The molecule has 2 heterocycles. The van der Waals surface area contributed by atoms with Gasteiger partial charge in [0.2, 0.25) is 5.79 Å². The van der Waals surface area contributed by atoms with Crippen LogP contribution in [0.2, 0.25) is 0 Å². The number of hydrogen-bond acceptors (Lipinski definition) is 6. The minimum atomic E-state index is -1.59. The predicted molar refractivity (Wildman–Crippen MR) is 102 cm³/mol. The summed E-state index contributed by atoms with van der Waals surface area (Å²) in [7, 11) is 0. The molecule has 0 amide bonds. The Balaban J connectivity index is 1.66. The lowest BCUT2D eigenvalue weighted by atomic mass is 9.86. The molecule has 150 valence electrons. The van der Waals surface area contributed by atoms with Gasteiger partial charge in [0.05, 0.1) is 13.2 Å². The molecule has 0 bridgehead atoms. The fourth-order valence-corrected chi connectivity index (χ4v) is 4.06. The Hall–Kier alpha value is -1.80. The molecule has 5 atom stereocenters. The Morgan fingerprint density at radius 2 is 1.64 bits per heavy atom. The van der Waals surface area contributed by atoms with Gasteiger partial charge in [-0.3, -0.25) is 0 Å². The van der Waals surface area contributed by atoms with Crippen molar-refractivity contribution in [1.82, 2.24) is 0 Å². The molecule has 0 radical (unpaired) electrons. The van der Waals surface area contributed by atoms with Crippen molar-refractivity contribution < 1.29 is 29.9 Å². The molecule has 6 nitrogen and oxygen atoms in total. The lowest BCUT2D eigenvalue weighted by molar-refractivity contribution is -0.368. The van der Waals surface area contributed by atoms with Crippen LogP contribution < -0.4 is 0 Å². The summed E-state index contributed by atoms with van der Waals surface area (Å²) in [6, 6.07) is 14.3. The first-order valence-electron chi connectivity index (χ1n) is 9.65. The van der Waals surface area contributed by atoms with E-state index in [-0.39, 0.29) is 6.61 Å². The number of ether oxygens (including phenoxy) is 2. The SMILES string of the molecule is CCc1ccc(Cc2ccc3c(c2)[C@@]2(OC3)OC(CO)C(O)C(O)C2O)cc1. The molecule has 4 rings (SSSR count). The largest absolute Gasteiger partial charge is 0.394 e. The predicted octanol–water partition coefficient (Wildman–Crippen LogP) is 0.997. The smallest absolute Gasteiger partial charge is 0.225 e. The number of aliphatic hydroxyl groups excluding tert-OH is 4. The van der Waals surface area contributed by atoms with Crippen molar-refractivity contribution in [3.8, 4) is 0 Å². The molecule has 0 aliphatic carbocycles. The van der Waals surface area contributed by atoms with Gasteiger partial charge >= 0.3 is 0 Å². The van der Waals surface area contributed by atoms with Gasteiger partial charge in [0.25, 0.3) is 0 Å². The summed E-state index contributed by atoms with van der Waals surface area (Å²) in [5, 5.41) is 40.5. The first-order chi connectivity index (χ1) is 13.5. The molecular formula is C22H26O6. The van der Waals surface area contributed by atoms with E-state index in [1.54, 1.807) is 0 Å². The number of hydrogen-bond donors (Lipinski definition) is 4. The van der Waals surface area contributed by atoms with Gasteiger partial charge in [0.15, 0.2) is 0 Å². The second-order valence-corrected chi connectivity index (χ2v) is 7.56. The number of benzene rings is 2. The van der Waals surface area contributed by atoms with Gasteiger partial charge in [-0.1, -0.05) is 43.3 Å². The fraction of sp³-hybridized carbons (Fsp3) is 0.455. The maximum absolute atomic E-state index is 10.7. The molecule has 0 saturated carbocycles. The van der Waals surface area contributed by atoms with Crippen LogP contribution in [0.15, 0.2) is 42.5 Å². The molecule has 1 fully saturated rings. The molecule has 4 unspecified atom stereocenters. The average Bonchev–Trinajstić information content (AvgIpc) is 3.08. The Morgan fingerprint density at radius 1 is 0.964 bits per heavy atom. The van der Waals surface area contributed by atoms with Crippen LogP contribution in [-0.2, 0) is 34.7 Å². The summed E-state index contributed by atoms with van der Waals surface area (Å²) in [5.41, 5.74) is 4.95. The second kappa shape index (κ2) is 7.55. The van der Waals surface area contributed by atoms with E-state index in [9.17, 15) is 20.4 Å². The lowest BCUT2D eigenvalue weighted by Gasteiger charge is -2.46. The molecule has 2 aliphatic rings. The highest BCUT2D eigenvalue weighted by Gasteiger charge is 2.58. The number of aliphatic hydroxyl groups is 4. The lowest BCUT2D eigenvalue weighted by Crippen LogP contribution is -2.63. The third kappa shape index (κ3) is 3.16. The third-order valence-corrected chi connectivity index (χ3v) is 5.78. The average molecular weight is 386 g/mol. The van der Waals surface area contributed by atoms with E-state index in [0.717, 1.165) is 17.5 Å². The Morgan fingerprint density at radius 3 is 2.32 bits per heavy atom. The Labute approximate surface area is 164 Å². The zero-order chi connectivity index (χ0) is 19.9. The molecule has 6 heteroatoms. The molecule has 1 saturated heterocycles. The maximum Gasteiger partial charge on any atom is 0.225 e. The van der Waals surface area contributed by atoms with Crippen LogP contribution in [0.1, 0.15) is 34.7 Å². The fourth-order valence-electron chi connectivity index (χ4n) is 4.06. The number of fused-ring (bicyclic) bond motifs is 2. The summed E-state index contributed by atoms with van der Waals surface area (Å²) in [4.78, 5) is 0. The van der Waals surface area contributed by atoms with Crippen molar-refractivity contribution in [1.29, 1.82) is 0 Å². The molecule has 1 spiro atoms. The summed E-state index contributed by atoms with van der Waals surface area (Å²) < 4.78 is 11.6. The van der Waals surface area contributed by atoms with E-state index in [0.29, 0.717) is 12.0 Å². The second-order valence-electron chi connectivity index (χ2n) is 7.56. The van der Waals surface area contributed by atoms with E-state index in [1.165, 1.54) is 11.1 Å². The monoisotopic (exact) mass is 386 g/mol. The van der Waals surface area contributed by atoms with E-state index < -0.39 is 36.8 Å². The van der Waals surface area contributed by atoms with Crippen LogP contribution in [0, 0.1) is 0 Å². The van der Waals surface area contributed by atoms with Crippen molar-refractivity contribution in [3.63, 3.8) is 0 Å². The summed E-state index contributed by atoms with van der Waals surface area (Å²) in [5.74, 6) is -1.59. The van der Waals surface area contributed by atoms with Gasteiger partial charge in [-0.25, -0.2) is 0 Å². The van der Waals surface area contributed by atoms with Crippen LogP contribution in [0.3, 0.4) is 0 Å². The van der Waals surface area contributed by atoms with Crippen molar-refractivity contribution in [3.05, 3.63) is 70.3 Å². The highest BCUT2D eigenvalue weighted by Crippen LogP contribution is 2.46. The van der Waals surface area contributed by atoms with Crippen molar-refractivity contribution in [2.45, 2.75) is 56.6 Å². The molecule has 28 heavy (non-hydrogen) atoms. The maximum atomic E-state index is 10.7. The van der Waals surface area contributed by atoms with Crippen LogP contribution >= 0.6 is 0 Å². The van der Waals surface area contributed by atoms with Crippen LogP contribution in [0.25, 0.3) is 0 Å². The minimum absolute atomic E-state index is 0.221. The van der Waals surface area contributed by atoms with E-state index in [1.807, 2.05) is 18.2 Å². The summed E-state index contributed by atoms with van der Waals surface area (Å²) in [6.45, 7) is 1.85. The van der Waals surface area contributed by atoms with Gasteiger partial charge in [-0.15, -0.1) is 0 Å². The molecule has 0 aromatic heterocycles. The zero-order valence-electron chi connectivity index (χ0n) is 15.8. The normalized spacial score (nSPS) is 31.9. The highest BCUT2D eigenvalue weighted by atomic mass is 16.7. The topological polar surface area (TPSA) is 99.4 Å². The number of rotatable bonds is 4. The van der Waals surface area contributed by atoms with Gasteiger partial charge in [-0.2, -0.15) is 0 Å². The zero-order valence-corrected chi connectivity index (χ0v) is 15.8. The highest BCUT2D eigenvalue weighted by molar-refractivity contribution is 5.41. The molecule has 2 aliphatic heterocycles. The van der Waals surface area contributed by atoms with Crippen LogP contribution in [0.5, 0.6) is 0 Å². The van der Waals surface area contributed by atoms with Gasteiger partial charge in [0.1, 0.15) is 24.4 Å². The van der Waals surface area contributed by atoms with Gasteiger partial charge in [0, 0.05) is 5.56 Å². The Kier molecular flexibility index (Phi) is 5.26.